The molecule has 0 radical (unpaired) electrons. The molecule has 2 aliphatic heterocycles. The van der Waals surface area contributed by atoms with Crippen LogP contribution in [0.5, 0.6) is 11.5 Å². The Morgan fingerprint density at radius 2 is 1.84 bits per heavy atom. The first kappa shape index (κ1) is 19.8. The first-order valence-electron chi connectivity index (χ1n) is 10.4. The quantitative estimate of drug-likeness (QED) is 0.654. The van der Waals surface area contributed by atoms with E-state index >= 15 is 0 Å². The number of nitrogens with zero attached hydrogens (tertiary/aromatic N) is 2. The second-order valence-electron chi connectivity index (χ2n) is 7.98. The number of methoxy groups -OCH3 is 1. The molecule has 0 atom stereocenters. The number of carbonyl (C=O) groups is 1. The maximum Gasteiger partial charge on any atom is 0.260 e. The summed E-state index contributed by atoms with van der Waals surface area (Å²) >= 11 is 6.23. The Bertz CT molecular complexity index is 1100. The fraction of sp³-hybridized carbons (Fsp3) is 0.292. The van der Waals surface area contributed by atoms with Crippen molar-refractivity contribution in [3.8, 4) is 17.2 Å². The molecule has 2 aromatic carbocycles. The molecule has 3 aromatic rings. The summed E-state index contributed by atoms with van der Waals surface area (Å²) in [6.45, 7) is 1.38. The van der Waals surface area contributed by atoms with Crippen LogP contribution < -0.4 is 14.8 Å². The molecule has 6 nitrogen and oxygen atoms in total. The van der Waals surface area contributed by atoms with Crippen molar-refractivity contribution in [2.24, 2.45) is 0 Å². The van der Waals surface area contributed by atoms with E-state index in [0.29, 0.717) is 23.9 Å². The van der Waals surface area contributed by atoms with E-state index in [0.717, 1.165) is 30.0 Å². The van der Waals surface area contributed by atoms with Gasteiger partial charge in [-0.1, -0.05) is 11.6 Å². The highest BCUT2D eigenvalue weighted by atomic mass is 35.5. The second kappa shape index (κ2) is 7.85. The zero-order valence-corrected chi connectivity index (χ0v) is 18.1. The summed E-state index contributed by atoms with van der Waals surface area (Å²) in [4.78, 5) is 14.6. The molecule has 160 valence electrons. The van der Waals surface area contributed by atoms with Gasteiger partial charge in [-0.2, -0.15) is 0 Å². The highest BCUT2D eigenvalue weighted by Crippen LogP contribution is 2.44. The van der Waals surface area contributed by atoms with Crippen molar-refractivity contribution in [2.75, 3.05) is 32.1 Å². The second-order valence-corrected chi connectivity index (χ2v) is 8.41. The zero-order chi connectivity index (χ0) is 21.4. The number of piperidine rings is 1. The van der Waals surface area contributed by atoms with Crippen molar-refractivity contribution in [2.45, 2.75) is 18.4 Å². The molecule has 3 heterocycles. The number of fused-ring (bicyclic) bond motifs is 4. The van der Waals surface area contributed by atoms with E-state index in [1.165, 1.54) is 5.69 Å². The van der Waals surface area contributed by atoms with Gasteiger partial charge in [-0.15, -0.1) is 0 Å². The molecule has 5 rings (SSSR count). The summed E-state index contributed by atoms with van der Waals surface area (Å²) in [6.07, 6.45) is 3.73. The van der Waals surface area contributed by atoms with E-state index in [4.69, 9.17) is 21.1 Å². The van der Waals surface area contributed by atoms with Crippen LogP contribution in [-0.2, 0) is 10.3 Å². The molecule has 1 amide bonds. The van der Waals surface area contributed by atoms with Crippen LogP contribution >= 0.6 is 11.6 Å². The lowest BCUT2D eigenvalue weighted by molar-refractivity contribution is -0.134. The maximum atomic E-state index is 12.7. The number of amides is 1. The van der Waals surface area contributed by atoms with Gasteiger partial charge in [0.1, 0.15) is 11.5 Å². The number of hydrogen-bond donors (Lipinski definition) is 1. The van der Waals surface area contributed by atoms with Gasteiger partial charge in [0.15, 0.2) is 6.61 Å². The van der Waals surface area contributed by atoms with Gasteiger partial charge in [0, 0.05) is 30.0 Å². The Hall–Kier alpha value is -3.12. The normalized spacial score (nSPS) is 16.3. The van der Waals surface area contributed by atoms with Gasteiger partial charge >= 0.3 is 0 Å². The predicted molar refractivity (Wildman–Crippen MR) is 120 cm³/mol. The molecule has 0 unspecified atom stereocenters. The van der Waals surface area contributed by atoms with Gasteiger partial charge < -0.3 is 24.3 Å². The minimum absolute atomic E-state index is 0.00374. The van der Waals surface area contributed by atoms with Crippen molar-refractivity contribution in [3.63, 3.8) is 0 Å². The molecule has 1 fully saturated rings. The molecule has 7 heteroatoms. The molecule has 0 bridgehead atoms. The summed E-state index contributed by atoms with van der Waals surface area (Å²) in [6, 6.07) is 17.4. The van der Waals surface area contributed by atoms with Gasteiger partial charge in [-0.25, -0.2) is 0 Å². The Kier molecular flexibility index (Phi) is 5.02. The number of rotatable bonds is 4. The number of carbonyl (C=O) groups excluding carboxylic acids is 1. The van der Waals surface area contributed by atoms with Crippen LogP contribution in [-0.4, -0.2) is 42.2 Å². The SMILES string of the molecule is COc1ccc(OCC(=O)N2CCC3(CC2)Nc2ccc(Cl)cc2-n2cccc23)cc1. The summed E-state index contributed by atoms with van der Waals surface area (Å²) < 4.78 is 13.0. The monoisotopic (exact) mass is 437 g/mol. The third-order valence-electron chi connectivity index (χ3n) is 6.22. The highest BCUT2D eigenvalue weighted by Gasteiger charge is 2.42. The molecule has 2 aliphatic rings. The van der Waals surface area contributed by atoms with Crippen LogP contribution in [0.25, 0.3) is 5.69 Å². The van der Waals surface area contributed by atoms with E-state index in [9.17, 15) is 4.79 Å². The van der Waals surface area contributed by atoms with E-state index in [1.807, 2.05) is 35.2 Å². The standard InChI is InChI=1S/C24H24ClN3O3/c1-30-18-5-7-19(8-6-18)31-16-23(29)27-13-10-24(11-14-27)22-3-2-12-28(22)21-15-17(25)4-9-20(21)26-24/h2-9,12,15,26H,10-11,13-14,16H2,1H3. The minimum atomic E-state index is -0.196. The average molecular weight is 438 g/mol. The van der Waals surface area contributed by atoms with Crippen molar-refractivity contribution >= 4 is 23.2 Å². The lowest BCUT2D eigenvalue weighted by Gasteiger charge is -2.46. The van der Waals surface area contributed by atoms with Gasteiger partial charge in [0.05, 0.1) is 24.0 Å². The topological polar surface area (TPSA) is 55.7 Å². The molecule has 1 saturated heterocycles. The molecule has 1 spiro atoms. The maximum absolute atomic E-state index is 12.7. The predicted octanol–water partition coefficient (Wildman–Crippen LogP) is 4.46. The number of likely N-dealkylation sites (tertiary alicyclic amines) is 1. The first-order valence-corrected chi connectivity index (χ1v) is 10.8. The van der Waals surface area contributed by atoms with E-state index in [-0.39, 0.29) is 18.1 Å². The number of hydrogen-bond acceptors (Lipinski definition) is 4. The molecular weight excluding hydrogens is 414 g/mol. The Labute approximate surface area is 186 Å². The van der Waals surface area contributed by atoms with Gasteiger partial charge in [-0.3, -0.25) is 4.79 Å². The lowest BCUT2D eigenvalue weighted by atomic mass is 9.82. The average Bonchev–Trinajstić information content (AvgIpc) is 3.30. The number of benzene rings is 2. The van der Waals surface area contributed by atoms with Crippen molar-refractivity contribution < 1.29 is 14.3 Å². The number of nitrogens with one attached hydrogen (secondary N) is 1. The summed E-state index contributed by atoms with van der Waals surface area (Å²) in [5.74, 6) is 1.42. The molecule has 1 aromatic heterocycles. The summed E-state index contributed by atoms with van der Waals surface area (Å²) in [5.41, 5.74) is 3.14. The van der Waals surface area contributed by atoms with Crippen LogP contribution in [0.4, 0.5) is 5.69 Å². The highest BCUT2D eigenvalue weighted by molar-refractivity contribution is 6.30. The summed E-state index contributed by atoms with van der Waals surface area (Å²) in [7, 11) is 1.62. The number of ether oxygens (including phenoxy) is 2. The number of halogens is 1. The molecule has 0 saturated carbocycles. The molecular formula is C24H24ClN3O3. The summed E-state index contributed by atoms with van der Waals surface area (Å²) in [5, 5.41) is 4.47. The minimum Gasteiger partial charge on any atom is -0.497 e. The lowest BCUT2D eigenvalue weighted by Crippen LogP contribution is -2.51. The molecule has 0 aliphatic carbocycles. The number of aromatic nitrogens is 1. The van der Waals surface area contributed by atoms with E-state index in [1.54, 1.807) is 19.2 Å². The van der Waals surface area contributed by atoms with Gasteiger partial charge in [-0.05, 0) is 67.4 Å². The van der Waals surface area contributed by atoms with Crippen LogP contribution in [0.15, 0.2) is 60.8 Å². The van der Waals surface area contributed by atoms with Gasteiger partial charge in [0.25, 0.3) is 5.91 Å². The zero-order valence-electron chi connectivity index (χ0n) is 17.3. The van der Waals surface area contributed by atoms with Gasteiger partial charge in [0.2, 0.25) is 0 Å². The van der Waals surface area contributed by atoms with E-state index < -0.39 is 0 Å². The molecule has 1 N–H and O–H groups in total. The van der Waals surface area contributed by atoms with Crippen molar-refractivity contribution in [3.05, 3.63) is 71.5 Å². The molecule has 31 heavy (non-hydrogen) atoms. The largest absolute Gasteiger partial charge is 0.497 e. The number of anilines is 1. The third-order valence-corrected chi connectivity index (χ3v) is 6.46. The van der Waals surface area contributed by atoms with Crippen LogP contribution in [0.3, 0.4) is 0 Å². The van der Waals surface area contributed by atoms with Crippen LogP contribution in [0.2, 0.25) is 5.02 Å². The van der Waals surface area contributed by atoms with Crippen LogP contribution in [0.1, 0.15) is 18.5 Å². The Morgan fingerprint density at radius 1 is 1.10 bits per heavy atom. The van der Waals surface area contributed by atoms with Crippen molar-refractivity contribution in [1.29, 1.82) is 0 Å². The van der Waals surface area contributed by atoms with Crippen molar-refractivity contribution in [1.82, 2.24) is 9.47 Å². The Morgan fingerprint density at radius 3 is 2.58 bits per heavy atom. The van der Waals surface area contributed by atoms with Crippen LogP contribution in [0, 0.1) is 0 Å². The Balaban J connectivity index is 1.26. The first-order chi connectivity index (χ1) is 15.1. The fourth-order valence-electron chi connectivity index (χ4n) is 4.54. The van der Waals surface area contributed by atoms with E-state index in [2.05, 4.69) is 28.2 Å². The smallest absolute Gasteiger partial charge is 0.260 e. The fourth-order valence-corrected chi connectivity index (χ4v) is 4.71. The third kappa shape index (κ3) is 3.61.